The van der Waals surface area contributed by atoms with Crippen LogP contribution in [0, 0.1) is 17.7 Å². The number of benzene rings is 1. The maximum absolute atomic E-state index is 14.5. The average molecular weight is 419 g/mol. The number of carbonyl (C=O) groups is 1. The highest BCUT2D eigenvalue weighted by atomic mass is 32.1. The molecule has 1 aromatic carbocycles. The van der Waals surface area contributed by atoms with Crippen molar-refractivity contribution in [3.8, 4) is 0 Å². The van der Waals surface area contributed by atoms with E-state index in [4.69, 9.17) is 4.74 Å². The lowest BCUT2D eigenvalue weighted by molar-refractivity contribution is 0.0623. The van der Waals surface area contributed by atoms with E-state index >= 15 is 0 Å². The van der Waals surface area contributed by atoms with Crippen LogP contribution < -0.4 is 0 Å². The van der Waals surface area contributed by atoms with Gasteiger partial charge in [0.2, 0.25) is 0 Å². The van der Waals surface area contributed by atoms with Gasteiger partial charge in [-0.2, -0.15) is 0 Å². The molecule has 0 radical (unpaired) electrons. The summed E-state index contributed by atoms with van der Waals surface area (Å²) in [6.07, 6.45) is 4.79. The minimum Gasteiger partial charge on any atom is -0.380 e. The van der Waals surface area contributed by atoms with Gasteiger partial charge in [0.05, 0.1) is 11.5 Å². The van der Waals surface area contributed by atoms with Gasteiger partial charge in [-0.1, -0.05) is 13.0 Å². The Hall–Kier alpha value is -1.50. The van der Waals surface area contributed by atoms with Gasteiger partial charge < -0.3 is 14.5 Å². The van der Waals surface area contributed by atoms with Crippen LogP contribution in [0.5, 0.6) is 0 Å². The van der Waals surface area contributed by atoms with Crippen molar-refractivity contribution in [3.05, 3.63) is 34.5 Å². The van der Waals surface area contributed by atoms with Crippen LogP contribution in [-0.4, -0.2) is 55.5 Å². The van der Waals surface area contributed by atoms with Gasteiger partial charge in [-0.25, -0.2) is 4.39 Å². The van der Waals surface area contributed by atoms with E-state index in [1.54, 1.807) is 13.2 Å². The Kier molecular flexibility index (Phi) is 6.52. The molecular formula is C23H31FN2O2S. The van der Waals surface area contributed by atoms with E-state index in [2.05, 4.69) is 11.8 Å². The molecule has 0 spiro atoms. The Balaban J connectivity index is 1.50. The minimum absolute atomic E-state index is 0.0367. The van der Waals surface area contributed by atoms with Gasteiger partial charge in [0.25, 0.3) is 5.91 Å². The first-order valence-electron chi connectivity index (χ1n) is 10.8. The molecule has 4 nitrogen and oxygen atoms in total. The lowest BCUT2D eigenvalue weighted by Gasteiger charge is -2.37. The second kappa shape index (κ2) is 9.11. The van der Waals surface area contributed by atoms with Crippen molar-refractivity contribution >= 4 is 27.3 Å². The van der Waals surface area contributed by atoms with Crippen molar-refractivity contribution in [2.45, 2.75) is 39.2 Å². The molecule has 2 aliphatic rings. The first-order chi connectivity index (χ1) is 14.1. The molecule has 1 atom stereocenters. The molecule has 29 heavy (non-hydrogen) atoms. The van der Waals surface area contributed by atoms with Crippen LogP contribution in [0.1, 0.15) is 47.8 Å². The number of nitrogens with zero attached hydrogens (tertiary/aromatic N) is 2. The molecule has 0 N–H and O–H groups in total. The first-order valence-corrected chi connectivity index (χ1v) is 11.6. The molecular weight excluding hydrogens is 387 g/mol. The number of ether oxygens (including phenoxy) is 1. The van der Waals surface area contributed by atoms with E-state index in [0.717, 1.165) is 36.7 Å². The minimum atomic E-state index is -0.277. The number of carbonyl (C=O) groups excluding carboxylic acids is 1. The first kappa shape index (κ1) is 20.8. The van der Waals surface area contributed by atoms with Gasteiger partial charge in [-0.15, -0.1) is 11.3 Å². The van der Waals surface area contributed by atoms with Gasteiger partial charge in [0, 0.05) is 42.4 Å². The number of hydrogen-bond donors (Lipinski definition) is 0. The van der Waals surface area contributed by atoms with E-state index < -0.39 is 0 Å². The van der Waals surface area contributed by atoms with E-state index in [0.29, 0.717) is 21.7 Å². The van der Waals surface area contributed by atoms with Crippen LogP contribution >= 0.6 is 11.3 Å². The molecule has 0 saturated carbocycles. The van der Waals surface area contributed by atoms with Crippen molar-refractivity contribution in [3.63, 3.8) is 0 Å². The van der Waals surface area contributed by atoms with Crippen LogP contribution in [0.3, 0.4) is 0 Å². The molecule has 2 saturated heterocycles. The molecule has 3 heterocycles. The largest absolute Gasteiger partial charge is 0.380 e. The summed E-state index contributed by atoms with van der Waals surface area (Å²) in [5.41, 5.74) is 0.697. The van der Waals surface area contributed by atoms with Gasteiger partial charge in [0.1, 0.15) is 5.82 Å². The molecule has 6 heteroatoms. The lowest BCUT2D eigenvalue weighted by Crippen LogP contribution is -2.45. The lowest BCUT2D eigenvalue weighted by atomic mass is 9.94. The van der Waals surface area contributed by atoms with Crippen LogP contribution in [-0.2, 0) is 11.3 Å². The van der Waals surface area contributed by atoms with Crippen LogP contribution in [0.25, 0.3) is 10.1 Å². The normalized spacial score (nSPS) is 21.8. The van der Waals surface area contributed by atoms with Gasteiger partial charge in [-0.3, -0.25) is 4.79 Å². The van der Waals surface area contributed by atoms with Crippen molar-refractivity contribution in [2.75, 3.05) is 39.8 Å². The summed E-state index contributed by atoms with van der Waals surface area (Å²) < 4.78 is 20.6. The van der Waals surface area contributed by atoms with Gasteiger partial charge >= 0.3 is 0 Å². The summed E-state index contributed by atoms with van der Waals surface area (Å²) in [4.78, 5) is 18.6. The highest BCUT2D eigenvalue weighted by Gasteiger charge is 2.30. The average Bonchev–Trinajstić information content (AvgIpc) is 3.09. The highest BCUT2D eigenvalue weighted by Crippen LogP contribution is 2.35. The maximum Gasteiger partial charge on any atom is 0.264 e. The Morgan fingerprint density at radius 1 is 1.24 bits per heavy atom. The molecule has 1 unspecified atom stereocenters. The molecule has 0 aliphatic carbocycles. The van der Waals surface area contributed by atoms with E-state index in [1.807, 2.05) is 11.0 Å². The Labute approximate surface area is 176 Å². The van der Waals surface area contributed by atoms with Gasteiger partial charge in [0.15, 0.2) is 0 Å². The zero-order valence-electron chi connectivity index (χ0n) is 17.5. The second-order valence-corrected chi connectivity index (χ2v) is 9.75. The number of rotatable bonds is 5. The number of amides is 1. The van der Waals surface area contributed by atoms with Crippen molar-refractivity contribution in [1.29, 1.82) is 0 Å². The number of likely N-dealkylation sites (tertiary alicyclic amines) is 2. The Morgan fingerprint density at radius 3 is 2.79 bits per heavy atom. The molecule has 2 aromatic rings. The summed E-state index contributed by atoms with van der Waals surface area (Å²) >= 11 is 1.40. The van der Waals surface area contributed by atoms with Crippen molar-refractivity contribution in [1.82, 2.24) is 9.80 Å². The number of methoxy groups -OCH3 is 1. The van der Waals surface area contributed by atoms with Crippen LogP contribution in [0.4, 0.5) is 4.39 Å². The molecule has 2 fully saturated rings. The maximum atomic E-state index is 14.5. The molecule has 0 bridgehead atoms. The summed E-state index contributed by atoms with van der Waals surface area (Å²) in [5, 5.41) is 0.540. The molecule has 4 rings (SSSR count). The summed E-state index contributed by atoms with van der Waals surface area (Å²) in [7, 11) is 1.59. The number of hydrogen-bond acceptors (Lipinski definition) is 4. The second-order valence-electron chi connectivity index (χ2n) is 8.70. The third-order valence-corrected chi connectivity index (χ3v) is 7.63. The van der Waals surface area contributed by atoms with E-state index in [1.165, 1.54) is 49.8 Å². The van der Waals surface area contributed by atoms with E-state index in [-0.39, 0.29) is 18.3 Å². The van der Waals surface area contributed by atoms with Crippen molar-refractivity contribution in [2.24, 2.45) is 11.8 Å². The number of fused-ring (bicyclic) bond motifs is 1. The number of halogens is 1. The topological polar surface area (TPSA) is 32.8 Å². The quantitative estimate of drug-likeness (QED) is 0.701. The van der Waals surface area contributed by atoms with Crippen LogP contribution in [0.2, 0.25) is 0 Å². The van der Waals surface area contributed by atoms with Gasteiger partial charge in [-0.05, 0) is 62.7 Å². The van der Waals surface area contributed by atoms with Crippen molar-refractivity contribution < 1.29 is 13.9 Å². The fraction of sp³-hybridized carbons (Fsp3) is 0.609. The highest BCUT2D eigenvalue weighted by molar-refractivity contribution is 7.21. The summed E-state index contributed by atoms with van der Waals surface area (Å²) in [5.74, 6) is 1.12. The standard InChI is InChI=1S/C23H31FN2O2S/c1-16-8-11-25(12-9-16)13-17-5-4-10-26(14-17)23(27)22-18(15-28-2)21-19(24)6-3-7-20(21)29-22/h3,6-7,16-17H,4-5,8-15H2,1-2H3. The predicted octanol–water partition coefficient (Wildman–Crippen LogP) is 4.77. The third kappa shape index (κ3) is 4.49. The zero-order valence-corrected chi connectivity index (χ0v) is 18.3. The zero-order chi connectivity index (χ0) is 20.4. The fourth-order valence-electron chi connectivity index (χ4n) is 4.77. The Bertz CT molecular complexity index is 860. The molecule has 2 aliphatic heterocycles. The smallest absolute Gasteiger partial charge is 0.264 e. The summed E-state index contributed by atoms with van der Waals surface area (Å²) in [6.45, 7) is 7.62. The Morgan fingerprint density at radius 2 is 2.03 bits per heavy atom. The molecule has 1 aromatic heterocycles. The molecule has 1 amide bonds. The van der Waals surface area contributed by atoms with E-state index in [9.17, 15) is 9.18 Å². The van der Waals surface area contributed by atoms with Crippen LogP contribution in [0.15, 0.2) is 18.2 Å². The SMILES string of the molecule is COCc1c(C(=O)N2CCCC(CN3CCC(C)CC3)C2)sc2cccc(F)c12. The number of thiophene rings is 1. The summed E-state index contributed by atoms with van der Waals surface area (Å²) in [6, 6.07) is 5.05. The number of piperidine rings is 2. The molecule has 158 valence electrons. The monoisotopic (exact) mass is 418 g/mol. The predicted molar refractivity (Wildman–Crippen MR) is 116 cm³/mol. The third-order valence-electron chi connectivity index (χ3n) is 6.45. The fourth-order valence-corrected chi connectivity index (χ4v) is 5.96.